The molecule has 0 spiro atoms. The Hall–Kier alpha value is -2.14. The third kappa shape index (κ3) is 1.82. The molecule has 0 aliphatic rings. The van der Waals surface area contributed by atoms with Crippen molar-refractivity contribution in [3.63, 3.8) is 0 Å². The topological polar surface area (TPSA) is 62.0 Å². The summed E-state index contributed by atoms with van der Waals surface area (Å²) in [5.74, 6) is -0.215. The van der Waals surface area contributed by atoms with Gasteiger partial charge in [0.05, 0.1) is 11.1 Å². The van der Waals surface area contributed by atoms with E-state index in [0.29, 0.717) is 11.1 Å². The van der Waals surface area contributed by atoms with E-state index in [-0.39, 0.29) is 5.91 Å². The molecule has 0 saturated heterocycles. The van der Waals surface area contributed by atoms with Gasteiger partial charge in [-0.15, -0.1) is 0 Å². The number of benzene rings is 2. The first kappa shape index (κ1) is 11.9. The van der Waals surface area contributed by atoms with Gasteiger partial charge in [-0.2, -0.15) is 0 Å². The molecule has 0 radical (unpaired) electrons. The number of aromatic amines is 1. The summed E-state index contributed by atoms with van der Waals surface area (Å²) in [5, 5.41) is 1.95. The van der Waals surface area contributed by atoms with Gasteiger partial charge >= 0.3 is 0 Å². The Morgan fingerprint density at radius 2 is 2.05 bits per heavy atom. The minimum atomic E-state index is -0.215. The predicted molar refractivity (Wildman–Crippen MR) is 77.6 cm³/mol. The Balaban J connectivity index is 2.38. The van der Waals surface area contributed by atoms with Gasteiger partial charge in [0, 0.05) is 38.0 Å². The SMILES string of the molecule is O=Cc1ccc2c(c1)[nH]c1c(C(=O)NBr)cccc12. The van der Waals surface area contributed by atoms with Gasteiger partial charge in [-0.1, -0.05) is 24.3 Å². The van der Waals surface area contributed by atoms with Gasteiger partial charge in [-0.3, -0.25) is 13.9 Å². The molecule has 4 nitrogen and oxygen atoms in total. The second kappa shape index (κ2) is 4.51. The second-order valence-corrected chi connectivity index (χ2v) is 4.60. The Morgan fingerprint density at radius 3 is 2.79 bits per heavy atom. The number of hydrogen-bond donors (Lipinski definition) is 2. The molecule has 0 aliphatic heterocycles. The van der Waals surface area contributed by atoms with Crippen LogP contribution >= 0.6 is 16.1 Å². The highest BCUT2D eigenvalue weighted by atomic mass is 79.9. The van der Waals surface area contributed by atoms with Crippen molar-refractivity contribution in [2.24, 2.45) is 0 Å². The summed E-state index contributed by atoms with van der Waals surface area (Å²) in [7, 11) is 0. The van der Waals surface area contributed by atoms with Crippen molar-refractivity contribution < 1.29 is 9.59 Å². The number of carbonyl (C=O) groups is 2. The summed E-state index contributed by atoms with van der Waals surface area (Å²) in [6.07, 6.45) is 0.803. The highest BCUT2D eigenvalue weighted by Gasteiger charge is 2.12. The zero-order chi connectivity index (χ0) is 13.4. The van der Waals surface area contributed by atoms with Crippen molar-refractivity contribution in [1.29, 1.82) is 0 Å². The van der Waals surface area contributed by atoms with Crippen LogP contribution in [0.3, 0.4) is 0 Å². The normalized spacial score (nSPS) is 10.8. The molecule has 2 N–H and O–H groups in total. The van der Waals surface area contributed by atoms with E-state index in [1.54, 1.807) is 18.2 Å². The van der Waals surface area contributed by atoms with E-state index in [4.69, 9.17) is 0 Å². The van der Waals surface area contributed by atoms with Gasteiger partial charge in [0.15, 0.2) is 0 Å². The molecule has 1 amide bonds. The molecule has 5 heteroatoms. The fraction of sp³-hybridized carbons (Fsp3) is 0. The molecule has 0 fully saturated rings. The van der Waals surface area contributed by atoms with Crippen molar-refractivity contribution in [3.8, 4) is 0 Å². The van der Waals surface area contributed by atoms with Crippen LogP contribution in [0.5, 0.6) is 0 Å². The monoisotopic (exact) mass is 316 g/mol. The van der Waals surface area contributed by atoms with E-state index in [1.165, 1.54) is 0 Å². The molecule has 0 atom stereocenters. The fourth-order valence-corrected chi connectivity index (χ4v) is 2.47. The lowest BCUT2D eigenvalue weighted by molar-refractivity contribution is 0.0987. The Morgan fingerprint density at radius 1 is 1.21 bits per heavy atom. The van der Waals surface area contributed by atoms with Crippen molar-refractivity contribution >= 4 is 50.1 Å². The average Bonchev–Trinajstić information content (AvgIpc) is 2.83. The van der Waals surface area contributed by atoms with E-state index < -0.39 is 0 Å². The lowest BCUT2D eigenvalue weighted by Crippen LogP contribution is -2.12. The zero-order valence-corrected chi connectivity index (χ0v) is 11.3. The molecule has 0 bridgehead atoms. The third-order valence-corrected chi connectivity index (χ3v) is 3.48. The first-order chi connectivity index (χ1) is 9.24. The number of H-pyrrole nitrogens is 1. The number of rotatable bonds is 2. The molecule has 0 unspecified atom stereocenters. The van der Waals surface area contributed by atoms with Crippen LogP contribution < -0.4 is 4.34 Å². The minimum Gasteiger partial charge on any atom is -0.354 e. The van der Waals surface area contributed by atoms with Gasteiger partial charge in [0.2, 0.25) is 0 Å². The molecule has 0 saturated carbocycles. The highest BCUT2D eigenvalue weighted by Crippen LogP contribution is 2.28. The van der Waals surface area contributed by atoms with Gasteiger partial charge in [-0.05, 0) is 12.1 Å². The fourth-order valence-electron chi connectivity index (χ4n) is 2.26. The second-order valence-electron chi connectivity index (χ2n) is 4.20. The molecular weight excluding hydrogens is 308 g/mol. The molecule has 3 aromatic rings. The number of carbonyl (C=O) groups excluding carboxylic acids is 2. The lowest BCUT2D eigenvalue weighted by atomic mass is 10.1. The first-order valence-corrected chi connectivity index (χ1v) is 6.44. The zero-order valence-electron chi connectivity index (χ0n) is 9.74. The van der Waals surface area contributed by atoms with Crippen LogP contribution in [0.2, 0.25) is 0 Å². The van der Waals surface area contributed by atoms with Crippen LogP contribution in [0.1, 0.15) is 20.7 Å². The van der Waals surface area contributed by atoms with Crippen LogP contribution in [0.15, 0.2) is 36.4 Å². The number of fused-ring (bicyclic) bond motifs is 3. The molecule has 19 heavy (non-hydrogen) atoms. The summed E-state index contributed by atoms with van der Waals surface area (Å²) in [4.78, 5) is 25.8. The smallest absolute Gasteiger partial charge is 0.263 e. The standard InChI is InChI=1S/C14H9BrN2O2/c15-17-14(19)11-3-1-2-10-9-5-4-8(7-18)6-12(9)16-13(10)11/h1-7,16H,(H,17,19). The third-order valence-electron chi connectivity index (χ3n) is 3.12. The van der Waals surface area contributed by atoms with E-state index in [9.17, 15) is 9.59 Å². The Bertz CT molecular complexity index is 808. The number of nitrogens with one attached hydrogen (secondary N) is 2. The van der Waals surface area contributed by atoms with Crippen LogP contribution in [0.25, 0.3) is 21.8 Å². The number of halogens is 1. The number of para-hydroxylation sites is 1. The van der Waals surface area contributed by atoms with Crippen LogP contribution in [0, 0.1) is 0 Å². The summed E-state index contributed by atoms with van der Waals surface area (Å²) in [5.41, 5.74) is 2.76. The van der Waals surface area contributed by atoms with Gasteiger partial charge < -0.3 is 4.98 Å². The number of hydrogen-bond acceptors (Lipinski definition) is 2. The van der Waals surface area contributed by atoms with Gasteiger partial charge in [-0.25, -0.2) is 0 Å². The number of aldehydes is 1. The van der Waals surface area contributed by atoms with Crippen LogP contribution in [-0.2, 0) is 0 Å². The lowest BCUT2D eigenvalue weighted by Gasteiger charge is -1.99. The summed E-state index contributed by atoms with van der Waals surface area (Å²) in [6, 6.07) is 10.9. The highest BCUT2D eigenvalue weighted by molar-refractivity contribution is 9.08. The van der Waals surface area contributed by atoms with Crippen molar-refractivity contribution in [1.82, 2.24) is 9.33 Å². The summed E-state index contributed by atoms with van der Waals surface area (Å²) < 4.78 is 2.44. The first-order valence-electron chi connectivity index (χ1n) is 5.65. The molecule has 94 valence electrons. The average molecular weight is 317 g/mol. The largest absolute Gasteiger partial charge is 0.354 e. The van der Waals surface area contributed by atoms with Gasteiger partial charge in [0.1, 0.15) is 6.29 Å². The minimum absolute atomic E-state index is 0.215. The molecule has 3 rings (SSSR count). The van der Waals surface area contributed by atoms with Gasteiger partial charge in [0.25, 0.3) is 5.91 Å². The molecule has 1 aromatic heterocycles. The van der Waals surface area contributed by atoms with E-state index in [1.807, 2.05) is 18.2 Å². The Kier molecular flexibility index (Phi) is 2.83. The van der Waals surface area contributed by atoms with Crippen molar-refractivity contribution in [2.75, 3.05) is 0 Å². The van der Waals surface area contributed by atoms with Crippen molar-refractivity contribution in [3.05, 3.63) is 47.5 Å². The predicted octanol–water partition coefficient (Wildman–Crippen LogP) is 3.17. The summed E-state index contributed by atoms with van der Waals surface area (Å²) in [6.45, 7) is 0. The van der Waals surface area contributed by atoms with Crippen LogP contribution in [0.4, 0.5) is 0 Å². The molecule has 0 aliphatic carbocycles. The maximum Gasteiger partial charge on any atom is 0.263 e. The number of aromatic nitrogens is 1. The molecule has 2 aromatic carbocycles. The summed E-state index contributed by atoms with van der Waals surface area (Å²) >= 11 is 2.94. The maximum atomic E-state index is 11.8. The van der Waals surface area contributed by atoms with E-state index in [0.717, 1.165) is 28.1 Å². The molecular formula is C14H9BrN2O2. The Labute approximate surface area is 117 Å². The van der Waals surface area contributed by atoms with E-state index >= 15 is 0 Å². The maximum absolute atomic E-state index is 11.8. The molecule has 1 heterocycles. The van der Waals surface area contributed by atoms with Crippen LogP contribution in [-0.4, -0.2) is 17.2 Å². The van der Waals surface area contributed by atoms with E-state index in [2.05, 4.69) is 25.5 Å². The number of amides is 1. The van der Waals surface area contributed by atoms with Crippen molar-refractivity contribution in [2.45, 2.75) is 0 Å². The quantitative estimate of drug-likeness (QED) is 0.563.